The van der Waals surface area contributed by atoms with E-state index in [-0.39, 0.29) is 5.91 Å². The fourth-order valence-corrected chi connectivity index (χ4v) is 1.93. The molecular weight excluding hydrogens is 309 g/mol. The molecule has 0 aliphatic carbocycles. The van der Waals surface area contributed by atoms with Crippen molar-refractivity contribution in [1.82, 2.24) is 4.98 Å². The first-order valence-electron chi connectivity index (χ1n) is 6.16. The summed E-state index contributed by atoms with van der Waals surface area (Å²) >= 11 is 11.7. The van der Waals surface area contributed by atoms with E-state index in [2.05, 4.69) is 22.2 Å². The molecule has 0 aliphatic rings. The van der Waals surface area contributed by atoms with Crippen molar-refractivity contribution < 1.29 is 4.79 Å². The lowest BCUT2D eigenvalue weighted by molar-refractivity contribution is 0.102. The Morgan fingerprint density at radius 2 is 2.00 bits per heavy atom. The summed E-state index contributed by atoms with van der Waals surface area (Å²) < 4.78 is 0. The number of hydrogen-bond acceptors (Lipinski definition) is 3. The van der Waals surface area contributed by atoms with E-state index in [1.54, 1.807) is 36.5 Å². The standard InChI is InChI=1S/C15H13Cl2N3O/c1-2-5-19-12-6-10(8-18-9-12)15(21)20-11-3-4-13(16)14(17)7-11/h2-4,6-9,19H,1,5H2,(H,20,21). The van der Waals surface area contributed by atoms with Crippen LogP contribution in [0.5, 0.6) is 0 Å². The van der Waals surface area contributed by atoms with Crippen molar-refractivity contribution in [1.29, 1.82) is 0 Å². The fraction of sp³-hybridized carbons (Fsp3) is 0.0667. The number of pyridine rings is 1. The van der Waals surface area contributed by atoms with Crippen LogP contribution in [0.3, 0.4) is 0 Å². The van der Waals surface area contributed by atoms with E-state index in [1.165, 1.54) is 6.20 Å². The molecule has 0 atom stereocenters. The molecule has 108 valence electrons. The number of nitrogens with one attached hydrogen (secondary N) is 2. The van der Waals surface area contributed by atoms with Crippen LogP contribution in [0.1, 0.15) is 10.4 Å². The minimum atomic E-state index is -0.275. The van der Waals surface area contributed by atoms with E-state index in [9.17, 15) is 4.79 Å². The molecule has 4 nitrogen and oxygen atoms in total. The Morgan fingerprint density at radius 3 is 2.71 bits per heavy atom. The summed E-state index contributed by atoms with van der Waals surface area (Å²) in [5.74, 6) is -0.275. The molecule has 1 amide bonds. The Kier molecular flexibility index (Phi) is 5.20. The Labute approximate surface area is 132 Å². The fourth-order valence-electron chi connectivity index (χ4n) is 1.63. The highest BCUT2D eigenvalue weighted by Crippen LogP contribution is 2.25. The Morgan fingerprint density at radius 1 is 1.19 bits per heavy atom. The molecular formula is C15H13Cl2N3O. The third-order valence-corrected chi connectivity index (χ3v) is 3.37. The summed E-state index contributed by atoms with van der Waals surface area (Å²) in [7, 11) is 0. The van der Waals surface area contributed by atoms with E-state index in [1.807, 2.05) is 0 Å². The number of benzene rings is 1. The van der Waals surface area contributed by atoms with Crippen LogP contribution < -0.4 is 10.6 Å². The number of amides is 1. The van der Waals surface area contributed by atoms with E-state index in [0.717, 1.165) is 5.69 Å². The minimum Gasteiger partial charge on any atom is -0.380 e. The normalized spacial score (nSPS) is 10.0. The van der Waals surface area contributed by atoms with Gasteiger partial charge >= 0.3 is 0 Å². The summed E-state index contributed by atoms with van der Waals surface area (Å²) in [6.45, 7) is 4.22. The minimum absolute atomic E-state index is 0.275. The molecule has 1 heterocycles. The van der Waals surface area contributed by atoms with Crippen LogP contribution in [0.25, 0.3) is 0 Å². The summed E-state index contributed by atoms with van der Waals surface area (Å²) in [6.07, 6.45) is 4.86. The van der Waals surface area contributed by atoms with Crippen molar-refractivity contribution in [3.8, 4) is 0 Å². The SMILES string of the molecule is C=CCNc1cncc(C(=O)Nc2ccc(Cl)c(Cl)c2)c1. The van der Waals surface area contributed by atoms with Crippen LogP contribution >= 0.6 is 23.2 Å². The topological polar surface area (TPSA) is 54.0 Å². The molecule has 2 N–H and O–H groups in total. The van der Waals surface area contributed by atoms with Crippen LogP contribution in [0.2, 0.25) is 10.0 Å². The number of rotatable bonds is 5. The summed E-state index contributed by atoms with van der Waals surface area (Å²) in [6, 6.07) is 6.61. The first-order valence-corrected chi connectivity index (χ1v) is 6.92. The number of hydrogen-bond donors (Lipinski definition) is 2. The van der Waals surface area contributed by atoms with Crippen LogP contribution in [0, 0.1) is 0 Å². The van der Waals surface area contributed by atoms with Gasteiger partial charge in [-0.15, -0.1) is 6.58 Å². The highest BCUT2D eigenvalue weighted by Gasteiger charge is 2.08. The second kappa shape index (κ2) is 7.11. The number of carbonyl (C=O) groups excluding carboxylic acids is 1. The molecule has 0 unspecified atom stereocenters. The number of aromatic nitrogens is 1. The third kappa shape index (κ3) is 4.21. The maximum atomic E-state index is 12.2. The molecule has 0 saturated carbocycles. The monoisotopic (exact) mass is 321 g/mol. The first kappa shape index (κ1) is 15.4. The van der Waals surface area contributed by atoms with Crippen molar-refractivity contribution in [3.63, 3.8) is 0 Å². The zero-order valence-corrected chi connectivity index (χ0v) is 12.6. The quantitative estimate of drug-likeness (QED) is 0.810. The van der Waals surface area contributed by atoms with Crippen molar-refractivity contribution in [2.24, 2.45) is 0 Å². The Hall–Kier alpha value is -2.04. The molecule has 0 spiro atoms. The van der Waals surface area contributed by atoms with Gasteiger partial charge in [-0.1, -0.05) is 29.3 Å². The van der Waals surface area contributed by atoms with Crippen LogP contribution in [0.15, 0.2) is 49.3 Å². The molecule has 1 aromatic heterocycles. The van der Waals surface area contributed by atoms with Gasteiger partial charge in [0.1, 0.15) is 0 Å². The number of anilines is 2. The molecule has 0 saturated heterocycles. The third-order valence-electron chi connectivity index (χ3n) is 2.63. The van der Waals surface area contributed by atoms with E-state index in [0.29, 0.717) is 27.8 Å². The lowest BCUT2D eigenvalue weighted by Gasteiger charge is -2.08. The van der Waals surface area contributed by atoms with Gasteiger partial charge in [-0.2, -0.15) is 0 Å². The van der Waals surface area contributed by atoms with E-state index < -0.39 is 0 Å². The highest BCUT2D eigenvalue weighted by atomic mass is 35.5. The molecule has 1 aromatic carbocycles. The van der Waals surface area contributed by atoms with Crippen molar-refractivity contribution in [2.45, 2.75) is 0 Å². The van der Waals surface area contributed by atoms with Crippen LogP contribution in [0.4, 0.5) is 11.4 Å². The molecule has 6 heteroatoms. The smallest absolute Gasteiger partial charge is 0.257 e. The number of halogens is 2. The van der Waals surface area contributed by atoms with Gasteiger partial charge in [0.05, 0.1) is 21.3 Å². The maximum Gasteiger partial charge on any atom is 0.257 e. The summed E-state index contributed by atoms with van der Waals surface area (Å²) in [5.41, 5.74) is 1.76. The van der Waals surface area contributed by atoms with E-state index >= 15 is 0 Å². The molecule has 0 radical (unpaired) electrons. The maximum absolute atomic E-state index is 12.2. The van der Waals surface area contributed by atoms with Gasteiger partial charge in [-0.3, -0.25) is 9.78 Å². The Balaban J connectivity index is 2.12. The van der Waals surface area contributed by atoms with Crippen LogP contribution in [-0.2, 0) is 0 Å². The van der Waals surface area contributed by atoms with Crippen molar-refractivity contribution in [3.05, 3.63) is 64.9 Å². The Bertz CT molecular complexity index is 674. The number of nitrogens with zero attached hydrogens (tertiary/aromatic N) is 1. The second-order valence-corrected chi connectivity index (χ2v) is 5.03. The average molecular weight is 322 g/mol. The largest absolute Gasteiger partial charge is 0.380 e. The molecule has 0 aliphatic heterocycles. The lowest BCUT2D eigenvalue weighted by atomic mass is 10.2. The molecule has 2 rings (SSSR count). The predicted molar refractivity (Wildman–Crippen MR) is 87.3 cm³/mol. The van der Waals surface area contributed by atoms with Crippen LogP contribution in [-0.4, -0.2) is 17.4 Å². The second-order valence-electron chi connectivity index (χ2n) is 4.21. The number of carbonyl (C=O) groups is 1. The van der Waals surface area contributed by atoms with Crippen molar-refractivity contribution in [2.75, 3.05) is 17.2 Å². The molecule has 0 bridgehead atoms. The average Bonchev–Trinajstić information content (AvgIpc) is 2.49. The van der Waals surface area contributed by atoms with Gasteiger partial charge in [-0.25, -0.2) is 0 Å². The molecule has 2 aromatic rings. The molecule has 21 heavy (non-hydrogen) atoms. The lowest BCUT2D eigenvalue weighted by Crippen LogP contribution is -2.12. The molecule has 0 fully saturated rings. The zero-order valence-electron chi connectivity index (χ0n) is 11.1. The highest BCUT2D eigenvalue weighted by molar-refractivity contribution is 6.42. The summed E-state index contributed by atoms with van der Waals surface area (Å²) in [5, 5.41) is 6.63. The predicted octanol–water partition coefficient (Wildman–Crippen LogP) is 4.24. The first-order chi connectivity index (χ1) is 10.1. The van der Waals surface area contributed by atoms with Crippen molar-refractivity contribution >= 4 is 40.5 Å². The van der Waals surface area contributed by atoms with Gasteiger partial charge in [0.25, 0.3) is 5.91 Å². The van der Waals surface area contributed by atoms with E-state index in [4.69, 9.17) is 23.2 Å². The van der Waals surface area contributed by atoms with Gasteiger partial charge in [0.15, 0.2) is 0 Å². The summed E-state index contributed by atoms with van der Waals surface area (Å²) in [4.78, 5) is 16.2. The zero-order chi connectivity index (χ0) is 15.2. The van der Waals surface area contributed by atoms with Gasteiger partial charge in [-0.05, 0) is 24.3 Å². The van der Waals surface area contributed by atoms with Gasteiger partial charge < -0.3 is 10.6 Å². The van der Waals surface area contributed by atoms with Gasteiger partial charge in [0, 0.05) is 24.6 Å². The van der Waals surface area contributed by atoms with Gasteiger partial charge in [0.2, 0.25) is 0 Å².